The molecular weight excluding hydrogens is 234 g/mol. The van der Waals surface area contributed by atoms with Crippen molar-refractivity contribution in [1.29, 1.82) is 0 Å². The minimum atomic E-state index is -0.379. The molecule has 6 nitrogen and oxygen atoms in total. The van der Waals surface area contributed by atoms with Gasteiger partial charge in [0.15, 0.2) is 0 Å². The molecule has 0 saturated carbocycles. The standard InChI is InChI=1S/C12H19N3O3/c1-9(2)4-5-11(16)14-10-6-13-15(7-10)8-12(17)18-3/h6-7,9H,4-5,8H2,1-3H3,(H,14,16). The van der Waals surface area contributed by atoms with Crippen LogP contribution in [-0.2, 0) is 20.9 Å². The van der Waals surface area contributed by atoms with Crippen molar-refractivity contribution < 1.29 is 14.3 Å². The molecule has 0 aliphatic heterocycles. The Bertz CT molecular complexity index is 412. The molecule has 0 aliphatic rings. The van der Waals surface area contributed by atoms with Gasteiger partial charge in [0.25, 0.3) is 0 Å². The van der Waals surface area contributed by atoms with Crippen LogP contribution in [0, 0.1) is 5.92 Å². The molecular formula is C12H19N3O3. The molecule has 0 radical (unpaired) electrons. The van der Waals surface area contributed by atoms with E-state index in [-0.39, 0.29) is 18.4 Å². The van der Waals surface area contributed by atoms with E-state index in [2.05, 4.69) is 29.0 Å². The summed E-state index contributed by atoms with van der Waals surface area (Å²) in [6.45, 7) is 4.18. The molecule has 1 heterocycles. The lowest BCUT2D eigenvalue weighted by Crippen LogP contribution is -2.13. The van der Waals surface area contributed by atoms with Crippen LogP contribution in [0.15, 0.2) is 12.4 Å². The maximum Gasteiger partial charge on any atom is 0.327 e. The van der Waals surface area contributed by atoms with Gasteiger partial charge in [0, 0.05) is 12.6 Å². The van der Waals surface area contributed by atoms with Crippen LogP contribution in [0.5, 0.6) is 0 Å². The number of nitrogens with one attached hydrogen (secondary N) is 1. The molecule has 0 spiro atoms. The van der Waals surface area contributed by atoms with Crippen molar-refractivity contribution in [2.45, 2.75) is 33.2 Å². The van der Waals surface area contributed by atoms with E-state index in [0.717, 1.165) is 6.42 Å². The van der Waals surface area contributed by atoms with Gasteiger partial charge in [-0.25, -0.2) is 0 Å². The molecule has 1 aromatic heterocycles. The summed E-state index contributed by atoms with van der Waals surface area (Å²) in [5, 5.41) is 6.69. The first-order valence-electron chi connectivity index (χ1n) is 5.90. The second-order valence-electron chi connectivity index (χ2n) is 4.48. The van der Waals surface area contributed by atoms with Gasteiger partial charge in [0.2, 0.25) is 5.91 Å². The molecule has 6 heteroatoms. The molecule has 1 amide bonds. The van der Waals surface area contributed by atoms with E-state index in [9.17, 15) is 9.59 Å². The third kappa shape index (κ3) is 4.99. The Balaban J connectivity index is 2.43. The van der Waals surface area contributed by atoms with Crippen molar-refractivity contribution >= 4 is 17.6 Å². The fourth-order valence-corrected chi connectivity index (χ4v) is 1.35. The summed E-state index contributed by atoms with van der Waals surface area (Å²) < 4.78 is 5.94. The van der Waals surface area contributed by atoms with Gasteiger partial charge in [-0.2, -0.15) is 5.10 Å². The summed E-state index contributed by atoms with van der Waals surface area (Å²) in [7, 11) is 1.32. The molecule has 0 aliphatic carbocycles. The lowest BCUT2D eigenvalue weighted by atomic mass is 10.1. The molecule has 0 aromatic carbocycles. The maximum atomic E-state index is 11.6. The lowest BCUT2D eigenvalue weighted by molar-refractivity contribution is -0.141. The Morgan fingerprint density at radius 1 is 1.50 bits per heavy atom. The molecule has 1 aromatic rings. The number of aromatic nitrogens is 2. The van der Waals surface area contributed by atoms with E-state index >= 15 is 0 Å². The zero-order valence-electron chi connectivity index (χ0n) is 11.0. The minimum Gasteiger partial charge on any atom is -0.468 e. The molecule has 0 atom stereocenters. The largest absolute Gasteiger partial charge is 0.468 e. The Morgan fingerprint density at radius 3 is 2.83 bits per heavy atom. The summed E-state index contributed by atoms with van der Waals surface area (Å²) >= 11 is 0. The van der Waals surface area contributed by atoms with E-state index in [1.807, 2.05) is 0 Å². The predicted octanol–water partition coefficient (Wildman–Crippen LogP) is 1.43. The van der Waals surface area contributed by atoms with E-state index in [4.69, 9.17) is 0 Å². The van der Waals surface area contributed by atoms with Crippen molar-refractivity contribution in [3.63, 3.8) is 0 Å². The number of carbonyl (C=O) groups excluding carboxylic acids is 2. The third-order valence-electron chi connectivity index (χ3n) is 2.38. The van der Waals surface area contributed by atoms with Crippen LogP contribution in [0.3, 0.4) is 0 Å². The second-order valence-corrected chi connectivity index (χ2v) is 4.48. The fraction of sp³-hybridized carbons (Fsp3) is 0.583. The number of carbonyl (C=O) groups is 2. The van der Waals surface area contributed by atoms with Crippen molar-refractivity contribution in [3.05, 3.63) is 12.4 Å². The van der Waals surface area contributed by atoms with Crippen LogP contribution in [0.25, 0.3) is 0 Å². The van der Waals surface area contributed by atoms with Gasteiger partial charge >= 0.3 is 5.97 Å². The summed E-state index contributed by atoms with van der Waals surface area (Å²) in [4.78, 5) is 22.6. The smallest absolute Gasteiger partial charge is 0.327 e. The topological polar surface area (TPSA) is 73.2 Å². The zero-order chi connectivity index (χ0) is 13.5. The molecule has 100 valence electrons. The highest BCUT2D eigenvalue weighted by molar-refractivity contribution is 5.90. The molecule has 0 saturated heterocycles. The van der Waals surface area contributed by atoms with Gasteiger partial charge < -0.3 is 10.1 Å². The number of hydrogen-bond donors (Lipinski definition) is 1. The second kappa shape index (κ2) is 6.78. The number of esters is 1. The first-order valence-corrected chi connectivity index (χ1v) is 5.90. The lowest BCUT2D eigenvalue weighted by Gasteiger charge is -2.04. The Kier molecular flexibility index (Phi) is 5.35. The van der Waals surface area contributed by atoms with Crippen molar-refractivity contribution in [2.24, 2.45) is 5.92 Å². The number of methoxy groups -OCH3 is 1. The Labute approximate surface area is 106 Å². The van der Waals surface area contributed by atoms with Crippen LogP contribution in [0.2, 0.25) is 0 Å². The van der Waals surface area contributed by atoms with Crippen molar-refractivity contribution in [2.75, 3.05) is 12.4 Å². The summed E-state index contributed by atoms with van der Waals surface area (Å²) in [5.41, 5.74) is 0.590. The van der Waals surface area contributed by atoms with Crippen LogP contribution in [0.1, 0.15) is 26.7 Å². The number of anilines is 1. The predicted molar refractivity (Wildman–Crippen MR) is 66.9 cm³/mol. The zero-order valence-corrected chi connectivity index (χ0v) is 11.0. The third-order valence-corrected chi connectivity index (χ3v) is 2.38. The van der Waals surface area contributed by atoms with Gasteiger partial charge in [0.1, 0.15) is 6.54 Å². The highest BCUT2D eigenvalue weighted by atomic mass is 16.5. The number of rotatable bonds is 6. The van der Waals surface area contributed by atoms with Crippen molar-refractivity contribution in [3.8, 4) is 0 Å². The van der Waals surface area contributed by atoms with Crippen LogP contribution in [-0.4, -0.2) is 28.8 Å². The molecule has 18 heavy (non-hydrogen) atoms. The van der Waals surface area contributed by atoms with E-state index in [1.165, 1.54) is 18.0 Å². The molecule has 0 fully saturated rings. The van der Waals surface area contributed by atoms with Crippen LogP contribution >= 0.6 is 0 Å². The molecule has 1 N–H and O–H groups in total. The van der Waals surface area contributed by atoms with Gasteiger partial charge in [-0.3, -0.25) is 14.3 Å². The number of nitrogens with zero attached hydrogens (tertiary/aromatic N) is 2. The highest BCUT2D eigenvalue weighted by Gasteiger charge is 2.07. The number of ether oxygens (including phenoxy) is 1. The summed E-state index contributed by atoms with van der Waals surface area (Å²) in [5.74, 6) is 0.0786. The highest BCUT2D eigenvalue weighted by Crippen LogP contribution is 2.08. The van der Waals surface area contributed by atoms with Crippen molar-refractivity contribution in [1.82, 2.24) is 9.78 Å². The van der Waals surface area contributed by atoms with E-state index < -0.39 is 0 Å². The average Bonchev–Trinajstić information content (AvgIpc) is 2.73. The SMILES string of the molecule is COC(=O)Cn1cc(NC(=O)CCC(C)C)cn1. The van der Waals surface area contributed by atoms with Crippen LogP contribution < -0.4 is 5.32 Å². The normalized spacial score (nSPS) is 10.4. The summed E-state index contributed by atoms with van der Waals surface area (Å²) in [6, 6.07) is 0. The van der Waals surface area contributed by atoms with E-state index in [1.54, 1.807) is 6.20 Å². The minimum absolute atomic E-state index is 0.0400. The van der Waals surface area contributed by atoms with Gasteiger partial charge in [-0.1, -0.05) is 13.8 Å². The molecule has 1 rings (SSSR count). The molecule has 0 unspecified atom stereocenters. The maximum absolute atomic E-state index is 11.6. The van der Waals surface area contributed by atoms with E-state index in [0.29, 0.717) is 18.0 Å². The van der Waals surface area contributed by atoms with Gasteiger partial charge in [-0.15, -0.1) is 0 Å². The first-order chi connectivity index (χ1) is 8.51. The first kappa shape index (κ1) is 14.2. The van der Waals surface area contributed by atoms with Crippen LogP contribution in [0.4, 0.5) is 5.69 Å². The fourth-order valence-electron chi connectivity index (χ4n) is 1.35. The quantitative estimate of drug-likeness (QED) is 0.778. The Hall–Kier alpha value is -1.85. The van der Waals surface area contributed by atoms with Gasteiger partial charge in [-0.05, 0) is 12.3 Å². The number of amides is 1. The number of hydrogen-bond acceptors (Lipinski definition) is 4. The average molecular weight is 253 g/mol. The van der Waals surface area contributed by atoms with Gasteiger partial charge in [0.05, 0.1) is 19.0 Å². The Morgan fingerprint density at radius 2 is 2.22 bits per heavy atom. The summed E-state index contributed by atoms with van der Waals surface area (Å²) in [6.07, 6.45) is 4.45. The molecule has 0 bridgehead atoms. The monoisotopic (exact) mass is 253 g/mol.